The zero-order valence-corrected chi connectivity index (χ0v) is 19.6. The molecule has 0 radical (unpaired) electrons. The van der Waals surface area contributed by atoms with Crippen LogP contribution in [0.25, 0.3) is 0 Å². The number of nitriles is 1. The van der Waals surface area contributed by atoms with E-state index in [-0.39, 0.29) is 24.8 Å². The smallest absolute Gasteiger partial charge is 0.407 e. The van der Waals surface area contributed by atoms with Gasteiger partial charge in [0.1, 0.15) is 6.61 Å². The molecule has 0 bridgehead atoms. The molecule has 174 valence electrons. The van der Waals surface area contributed by atoms with Crippen molar-refractivity contribution in [2.75, 3.05) is 18.0 Å². The summed E-state index contributed by atoms with van der Waals surface area (Å²) in [5, 5.41) is 16.6. The van der Waals surface area contributed by atoms with Crippen LogP contribution in [-0.2, 0) is 11.3 Å². The largest absolute Gasteiger partial charge is 0.445 e. The minimum atomic E-state index is -0.369. The van der Waals surface area contributed by atoms with E-state index >= 15 is 0 Å². The Hall–Kier alpha value is -2.75. The maximum Gasteiger partial charge on any atom is 0.407 e. The van der Waals surface area contributed by atoms with Crippen molar-refractivity contribution in [3.05, 3.63) is 64.7 Å². The summed E-state index contributed by atoms with van der Waals surface area (Å²) in [5.41, 5.74) is 2.76. The first kappa shape index (κ1) is 23.4. The van der Waals surface area contributed by atoms with Crippen LogP contribution in [0.2, 0.25) is 5.02 Å². The molecule has 1 heterocycles. The van der Waals surface area contributed by atoms with Crippen molar-refractivity contribution in [2.45, 2.75) is 63.3 Å². The number of amides is 1. The minimum absolute atomic E-state index is 0.0711. The van der Waals surface area contributed by atoms with Gasteiger partial charge in [0.2, 0.25) is 0 Å². The number of hydrogen-bond donors (Lipinski definition) is 2. The maximum absolute atomic E-state index is 12.5. The number of nitrogens with zero attached hydrogens (tertiary/aromatic N) is 2. The molecule has 1 amide bonds. The van der Waals surface area contributed by atoms with Crippen molar-refractivity contribution in [2.24, 2.45) is 0 Å². The first-order chi connectivity index (χ1) is 16.1. The van der Waals surface area contributed by atoms with Gasteiger partial charge in [0.15, 0.2) is 0 Å². The Bertz CT molecular complexity index is 958. The number of hydrogen-bond acceptors (Lipinski definition) is 5. The van der Waals surface area contributed by atoms with Gasteiger partial charge in [0.05, 0.1) is 11.6 Å². The van der Waals surface area contributed by atoms with Crippen molar-refractivity contribution in [3.63, 3.8) is 0 Å². The predicted molar refractivity (Wildman–Crippen MR) is 130 cm³/mol. The Kier molecular flexibility index (Phi) is 8.09. The second-order valence-corrected chi connectivity index (χ2v) is 9.39. The van der Waals surface area contributed by atoms with Crippen LogP contribution >= 0.6 is 11.6 Å². The normalized spacial score (nSPS) is 22.9. The lowest BCUT2D eigenvalue weighted by Gasteiger charge is -2.40. The standard InChI is InChI=1S/C26H31ClN4O2/c27-21-11-7-20(8-12-21)18-33-26(32)30-25-6-2-1-5-24(25)29-22-4-3-15-31(17-22)23-13-9-19(16-28)10-14-23/h7-14,22,24-25,29H,1-6,15,17-18H2,(H,30,32). The van der Waals surface area contributed by atoms with Crippen LogP contribution in [0.4, 0.5) is 10.5 Å². The Balaban J connectivity index is 1.29. The van der Waals surface area contributed by atoms with E-state index in [4.69, 9.17) is 21.6 Å². The zero-order chi connectivity index (χ0) is 23.0. The van der Waals surface area contributed by atoms with Gasteiger partial charge in [-0.15, -0.1) is 0 Å². The van der Waals surface area contributed by atoms with E-state index in [0.717, 1.165) is 56.4 Å². The molecule has 1 saturated heterocycles. The van der Waals surface area contributed by atoms with Crippen LogP contribution in [0.1, 0.15) is 49.7 Å². The third kappa shape index (κ3) is 6.63. The Morgan fingerprint density at radius 3 is 2.48 bits per heavy atom. The van der Waals surface area contributed by atoms with Crippen LogP contribution in [0, 0.1) is 11.3 Å². The summed E-state index contributed by atoms with van der Waals surface area (Å²) in [6.07, 6.45) is 6.16. The number of ether oxygens (including phenoxy) is 1. The molecule has 3 unspecified atom stereocenters. The van der Waals surface area contributed by atoms with Crippen molar-refractivity contribution < 1.29 is 9.53 Å². The number of halogens is 1. The van der Waals surface area contributed by atoms with Gasteiger partial charge in [-0.05, 0) is 67.6 Å². The van der Waals surface area contributed by atoms with Crippen molar-refractivity contribution in [1.29, 1.82) is 5.26 Å². The summed E-state index contributed by atoms with van der Waals surface area (Å²) in [5.74, 6) is 0. The van der Waals surface area contributed by atoms with Crippen molar-refractivity contribution >= 4 is 23.4 Å². The molecule has 1 saturated carbocycles. The van der Waals surface area contributed by atoms with E-state index < -0.39 is 0 Å². The molecule has 1 aliphatic heterocycles. The molecule has 2 fully saturated rings. The highest BCUT2D eigenvalue weighted by molar-refractivity contribution is 6.30. The van der Waals surface area contributed by atoms with Gasteiger partial charge in [0, 0.05) is 41.9 Å². The monoisotopic (exact) mass is 466 g/mol. The Labute approximate surface area is 200 Å². The summed E-state index contributed by atoms with van der Waals surface area (Å²) in [6, 6.07) is 18.0. The summed E-state index contributed by atoms with van der Waals surface area (Å²) in [4.78, 5) is 14.8. The van der Waals surface area contributed by atoms with Gasteiger partial charge in [0.25, 0.3) is 0 Å². The molecule has 4 rings (SSSR count). The molecular weight excluding hydrogens is 436 g/mol. The van der Waals surface area contributed by atoms with Crippen LogP contribution in [-0.4, -0.2) is 37.3 Å². The summed E-state index contributed by atoms with van der Waals surface area (Å²) in [7, 11) is 0. The van der Waals surface area contributed by atoms with E-state index in [9.17, 15) is 4.79 Å². The van der Waals surface area contributed by atoms with Crippen LogP contribution < -0.4 is 15.5 Å². The molecule has 0 aromatic heterocycles. The second kappa shape index (κ2) is 11.4. The quantitative estimate of drug-likeness (QED) is 0.625. The molecular formula is C26H31ClN4O2. The van der Waals surface area contributed by atoms with E-state index in [2.05, 4.69) is 21.6 Å². The lowest BCUT2D eigenvalue weighted by molar-refractivity contribution is 0.128. The first-order valence-electron chi connectivity index (χ1n) is 11.8. The van der Waals surface area contributed by atoms with Crippen LogP contribution in [0.5, 0.6) is 0 Å². The molecule has 2 N–H and O–H groups in total. The average Bonchev–Trinajstić information content (AvgIpc) is 2.85. The Morgan fingerprint density at radius 1 is 1.03 bits per heavy atom. The van der Waals surface area contributed by atoms with Gasteiger partial charge in [-0.3, -0.25) is 0 Å². The molecule has 7 heteroatoms. The molecule has 2 aliphatic rings. The highest BCUT2D eigenvalue weighted by Crippen LogP contribution is 2.24. The van der Waals surface area contributed by atoms with E-state index in [1.54, 1.807) is 12.1 Å². The molecule has 1 aliphatic carbocycles. The first-order valence-corrected chi connectivity index (χ1v) is 12.2. The summed E-state index contributed by atoms with van der Waals surface area (Å²) < 4.78 is 5.45. The van der Waals surface area contributed by atoms with Gasteiger partial charge in [-0.25, -0.2) is 4.79 Å². The lowest BCUT2D eigenvalue weighted by Crippen LogP contribution is -2.57. The molecule has 33 heavy (non-hydrogen) atoms. The van der Waals surface area contributed by atoms with Gasteiger partial charge < -0.3 is 20.3 Å². The lowest BCUT2D eigenvalue weighted by atomic mass is 9.89. The minimum Gasteiger partial charge on any atom is -0.445 e. The average molecular weight is 467 g/mol. The molecule has 2 aromatic rings. The fourth-order valence-electron chi connectivity index (χ4n) is 4.82. The third-order valence-corrected chi connectivity index (χ3v) is 6.84. The molecule has 6 nitrogen and oxygen atoms in total. The number of alkyl carbamates (subject to hydrolysis) is 1. The number of benzene rings is 2. The Morgan fingerprint density at radius 2 is 1.76 bits per heavy atom. The van der Waals surface area contributed by atoms with E-state index in [1.807, 2.05) is 36.4 Å². The van der Waals surface area contributed by atoms with Gasteiger partial charge >= 0.3 is 6.09 Å². The highest BCUT2D eigenvalue weighted by Gasteiger charge is 2.30. The molecule has 0 spiro atoms. The van der Waals surface area contributed by atoms with Crippen LogP contribution in [0.3, 0.4) is 0 Å². The third-order valence-electron chi connectivity index (χ3n) is 6.59. The van der Waals surface area contributed by atoms with Crippen molar-refractivity contribution in [1.82, 2.24) is 10.6 Å². The fourth-order valence-corrected chi connectivity index (χ4v) is 4.95. The van der Waals surface area contributed by atoms with Gasteiger partial charge in [-0.2, -0.15) is 5.26 Å². The summed E-state index contributed by atoms with van der Waals surface area (Å²) in [6.45, 7) is 2.18. The molecule has 2 aromatic carbocycles. The fraction of sp³-hybridized carbons (Fsp3) is 0.462. The highest BCUT2D eigenvalue weighted by atomic mass is 35.5. The summed E-state index contributed by atoms with van der Waals surface area (Å²) >= 11 is 5.91. The number of anilines is 1. The van der Waals surface area contributed by atoms with E-state index in [0.29, 0.717) is 16.6 Å². The van der Waals surface area contributed by atoms with Crippen molar-refractivity contribution in [3.8, 4) is 6.07 Å². The number of carbonyl (C=O) groups excluding carboxylic acids is 1. The molecule has 3 atom stereocenters. The van der Waals surface area contributed by atoms with E-state index in [1.165, 1.54) is 6.42 Å². The van der Waals surface area contributed by atoms with Gasteiger partial charge in [-0.1, -0.05) is 36.6 Å². The SMILES string of the molecule is N#Cc1ccc(N2CCCC(NC3CCCCC3NC(=O)OCc3ccc(Cl)cc3)C2)cc1. The second-order valence-electron chi connectivity index (χ2n) is 8.95. The predicted octanol–water partition coefficient (Wildman–Crippen LogP) is 5.01. The number of carbonyl (C=O) groups is 1. The zero-order valence-electron chi connectivity index (χ0n) is 18.8. The number of nitrogens with one attached hydrogen (secondary N) is 2. The topological polar surface area (TPSA) is 77.4 Å². The van der Waals surface area contributed by atoms with Crippen LogP contribution in [0.15, 0.2) is 48.5 Å². The number of piperidine rings is 1. The number of rotatable bonds is 6. The maximum atomic E-state index is 12.5.